The van der Waals surface area contributed by atoms with Crippen molar-refractivity contribution in [3.63, 3.8) is 0 Å². The molecule has 6 heteroatoms. The van der Waals surface area contributed by atoms with E-state index in [9.17, 15) is 4.79 Å². The minimum Gasteiger partial charge on any atom is -0.444 e. The Balaban J connectivity index is 2.05. The summed E-state index contributed by atoms with van der Waals surface area (Å²) in [6, 6.07) is 5.82. The molecule has 0 spiro atoms. The van der Waals surface area contributed by atoms with Gasteiger partial charge in [0.2, 0.25) is 0 Å². The fourth-order valence-electron chi connectivity index (χ4n) is 1.96. The van der Waals surface area contributed by atoms with Gasteiger partial charge in [-0.15, -0.1) is 11.3 Å². The SMILES string of the molecule is Cc1ncsc1-c1ccc(CNC(=O)OC(C)(C)C)c(N)c1. The summed E-state index contributed by atoms with van der Waals surface area (Å²) in [6.07, 6.45) is -0.450. The number of thiazole rings is 1. The van der Waals surface area contributed by atoms with Crippen molar-refractivity contribution >= 4 is 23.1 Å². The maximum Gasteiger partial charge on any atom is 0.407 e. The number of anilines is 1. The van der Waals surface area contributed by atoms with Crippen LogP contribution in [0, 0.1) is 6.92 Å². The molecular formula is C16H21N3O2S. The van der Waals surface area contributed by atoms with Crippen molar-refractivity contribution in [3.8, 4) is 10.4 Å². The summed E-state index contributed by atoms with van der Waals surface area (Å²) in [6.45, 7) is 7.79. The molecule has 0 fully saturated rings. The molecule has 22 heavy (non-hydrogen) atoms. The number of hydrogen-bond acceptors (Lipinski definition) is 5. The molecule has 0 aliphatic rings. The molecule has 1 heterocycles. The van der Waals surface area contributed by atoms with Gasteiger partial charge in [0, 0.05) is 12.2 Å². The molecule has 0 saturated carbocycles. The number of carbonyl (C=O) groups is 1. The molecule has 0 aliphatic heterocycles. The van der Waals surface area contributed by atoms with E-state index in [1.807, 2.05) is 51.4 Å². The lowest BCUT2D eigenvalue weighted by molar-refractivity contribution is 0.0523. The van der Waals surface area contributed by atoms with E-state index >= 15 is 0 Å². The van der Waals surface area contributed by atoms with Gasteiger partial charge in [-0.05, 0) is 44.9 Å². The molecule has 0 aliphatic carbocycles. The Kier molecular flexibility index (Phi) is 4.71. The van der Waals surface area contributed by atoms with Gasteiger partial charge in [-0.2, -0.15) is 0 Å². The number of nitrogens with two attached hydrogens (primary N) is 1. The number of rotatable bonds is 3. The zero-order chi connectivity index (χ0) is 16.3. The summed E-state index contributed by atoms with van der Waals surface area (Å²) < 4.78 is 5.20. The van der Waals surface area contributed by atoms with Crippen LogP contribution in [0.2, 0.25) is 0 Å². The van der Waals surface area contributed by atoms with E-state index in [1.165, 1.54) is 0 Å². The molecule has 3 N–H and O–H groups in total. The molecule has 2 aromatic rings. The molecule has 1 aromatic heterocycles. The van der Waals surface area contributed by atoms with Gasteiger partial charge in [0.25, 0.3) is 0 Å². The Morgan fingerprint density at radius 1 is 1.41 bits per heavy atom. The Morgan fingerprint density at radius 3 is 2.68 bits per heavy atom. The maximum absolute atomic E-state index is 11.7. The van der Waals surface area contributed by atoms with Gasteiger partial charge in [0.05, 0.1) is 16.1 Å². The normalized spacial score (nSPS) is 11.3. The Hall–Kier alpha value is -2.08. The van der Waals surface area contributed by atoms with Gasteiger partial charge in [0.15, 0.2) is 0 Å². The lowest BCUT2D eigenvalue weighted by Crippen LogP contribution is -2.32. The zero-order valence-corrected chi connectivity index (χ0v) is 14.1. The molecule has 2 rings (SSSR count). The topological polar surface area (TPSA) is 77.2 Å². The summed E-state index contributed by atoms with van der Waals surface area (Å²) in [5.41, 5.74) is 10.9. The highest BCUT2D eigenvalue weighted by atomic mass is 32.1. The minimum absolute atomic E-state index is 0.336. The second kappa shape index (κ2) is 6.36. The second-order valence-electron chi connectivity index (χ2n) is 6.04. The standard InChI is InChI=1S/C16H21N3O2S/c1-10-14(22-9-19-10)11-5-6-12(13(17)7-11)8-18-15(20)21-16(2,3)4/h5-7,9H,8,17H2,1-4H3,(H,18,20). The van der Waals surface area contributed by atoms with Crippen LogP contribution in [0.1, 0.15) is 32.0 Å². The fourth-order valence-corrected chi connectivity index (χ4v) is 2.76. The first kappa shape index (κ1) is 16.3. The van der Waals surface area contributed by atoms with Crippen LogP contribution in [0.3, 0.4) is 0 Å². The van der Waals surface area contributed by atoms with Crippen molar-refractivity contribution in [1.29, 1.82) is 0 Å². The molecule has 1 amide bonds. The smallest absolute Gasteiger partial charge is 0.407 e. The van der Waals surface area contributed by atoms with Crippen LogP contribution >= 0.6 is 11.3 Å². The van der Waals surface area contributed by atoms with Crippen LogP contribution in [-0.2, 0) is 11.3 Å². The Labute approximate surface area is 134 Å². The summed E-state index contributed by atoms with van der Waals surface area (Å²) in [5, 5.41) is 2.71. The number of carbonyl (C=O) groups excluding carboxylic acids is 1. The Bertz CT molecular complexity index is 674. The third-order valence-electron chi connectivity index (χ3n) is 2.98. The average molecular weight is 319 g/mol. The van der Waals surface area contributed by atoms with Crippen molar-refractivity contribution in [2.24, 2.45) is 0 Å². The predicted octanol–water partition coefficient (Wildman–Crippen LogP) is 3.73. The largest absolute Gasteiger partial charge is 0.444 e. The number of amides is 1. The number of aromatic nitrogens is 1. The third-order valence-corrected chi connectivity index (χ3v) is 3.95. The minimum atomic E-state index is -0.511. The Morgan fingerprint density at radius 2 is 2.14 bits per heavy atom. The van der Waals surface area contributed by atoms with E-state index in [2.05, 4.69) is 10.3 Å². The summed E-state index contributed by atoms with van der Waals surface area (Å²) in [4.78, 5) is 17.0. The molecule has 0 radical (unpaired) electrons. The summed E-state index contributed by atoms with van der Waals surface area (Å²) in [5.74, 6) is 0. The van der Waals surface area contributed by atoms with Crippen LogP contribution in [0.5, 0.6) is 0 Å². The van der Waals surface area contributed by atoms with Crippen LogP contribution < -0.4 is 11.1 Å². The fraction of sp³-hybridized carbons (Fsp3) is 0.375. The van der Waals surface area contributed by atoms with Crippen LogP contribution in [0.25, 0.3) is 10.4 Å². The molecule has 0 saturated heterocycles. The molecule has 118 valence electrons. The first-order chi connectivity index (χ1) is 10.3. The van der Waals surface area contributed by atoms with E-state index in [0.29, 0.717) is 12.2 Å². The van der Waals surface area contributed by atoms with E-state index < -0.39 is 11.7 Å². The van der Waals surface area contributed by atoms with E-state index in [-0.39, 0.29) is 0 Å². The second-order valence-corrected chi connectivity index (χ2v) is 6.89. The first-order valence-corrected chi connectivity index (χ1v) is 7.90. The lowest BCUT2D eigenvalue weighted by atomic mass is 10.1. The van der Waals surface area contributed by atoms with Gasteiger partial charge in [-0.3, -0.25) is 0 Å². The highest BCUT2D eigenvalue weighted by Gasteiger charge is 2.16. The highest BCUT2D eigenvalue weighted by molar-refractivity contribution is 7.13. The number of hydrogen-bond donors (Lipinski definition) is 2. The number of alkyl carbamates (subject to hydrolysis) is 1. The highest BCUT2D eigenvalue weighted by Crippen LogP contribution is 2.29. The van der Waals surface area contributed by atoms with Crippen molar-refractivity contribution in [3.05, 3.63) is 35.0 Å². The molecule has 0 atom stereocenters. The molecule has 5 nitrogen and oxygen atoms in total. The quantitative estimate of drug-likeness (QED) is 0.845. The summed E-state index contributed by atoms with van der Waals surface area (Å²) >= 11 is 1.59. The number of nitrogens with zero attached hydrogens (tertiary/aromatic N) is 1. The van der Waals surface area contributed by atoms with Gasteiger partial charge >= 0.3 is 6.09 Å². The average Bonchev–Trinajstić information content (AvgIpc) is 2.81. The van der Waals surface area contributed by atoms with Gasteiger partial charge < -0.3 is 15.8 Å². The van der Waals surface area contributed by atoms with Crippen LogP contribution in [0.4, 0.5) is 10.5 Å². The van der Waals surface area contributed by atoms with Crippen molar-refractivity contribution in [2.75, 3.05) is 5.73 Å². The third kappa shape index (κ3) is 4.21. The van der Waals surface area contributed by atoms with Crippen molar-refractivity contribution in [1.82, 2.24) is 10.3 Å². The molecule has 1 aromatic carbocycles. The molecule has 0 bridgehead atoms. The van der Waals surface area contributed by atoms with Crippen LogP contribution in [0.15, 0.2) is 23.7 Å². The monoisotopic (exact) mass is 319 g/mol. The molecular weight excluding hydrogens is 298 g/mol. The number of nitrogens with one attached hydrogen (secondary N) is 1. The molecule has 0 unspecified atom stereocenters. The predicted molar refractivity (Wildman–Crippen MR) is 89.8 cm³/mol. The number of nitrogen functional groups attached to an aromatic ring is 1. The van der Waals surface area contributed by atoms with Gasteiger partial charge in [-0.1, -0.05) is 12.1 Å². The zero-order valence-electron chi connectivity index (χ0n) is 13.3. The summed E-state index contributed by atoms with van der Waals surface area (Å²) in [7, 11) is 0. The number of benzene rings is 1. The van der Waals surface area contributed by atoms with Gasteiger partial charge in [-0.25, -0.2) is 9.78 Å². The first-order valence-electron chi connectivity index (χ1n) is 7.02. The van der Waals surface area contributed by atoms with Crippen molar-refractivity contribution in [2.45, 2.75) is 39.8 Å². The van der Waals surface area contributed by atoms with Crippen molar-refractivity contribution < 1.29 is 9.53 Å². The van der Waals surface area contributed by atoms with E-state index in [1.54, 1.807) is 11.3 Å². The maximum atomic E-state index is 11.7. The van der Waals surface area contributed by atoms with E-state index in [0.717, 1.165) is 21.7 Å². The number of aryl methyl sites for hydroxylation is 1. The van der Waals surface area contributed by atoms with Crippen LogP contribution in [-0.4, -0.2) is 16.7 Å². The lowest BCUT2D eigenvalue weighted by Gasteiger charge is -2.20. The van der Waals surface area contributed by atoms with Gasteiger partial charge in [0.1, 0.15) is 5.60 Å². The number of ether oxygens (including phenoxy) is 1. The van der Waals surface area contributed by atoms with E-state index in [4.69, 9.17) is 10.5 Å².